The zero-order chi connectivity index (χ0) is 13.8. The molecule has 2 heteroatoms. The molecule has 0 aliphatic heterocycles. The van der Waals surface area contributed by atoms with E-state index < -0.39 is 0 Å². The fourth-order valence-corrected chi connectivity index (χ4v) is 2.52. The van der Waals surface area contributed by atoms with Crippen LogP contribution in [-0.2, 0) is 6.42 Å². The van der Waals surface area contributed by atoms with Crippen molar-refractivity contribution in [2.75, 3.05) is 0 Å². The first-order chi connectivity index (χ1) is 9.04. The molecule has 0 aromatic heterocycles. The predicted octanol–water partition coefficient (Wildman–Crippen LogP) is 4.88. The van der Waals surface area contributed by atoms with Crippen LogP contribution in [0.5, 0.6) is 0 Å². The molecule has 0 atom stereocenters. The van der Waals surface area contributed by atoms with Crippen LogP contribution in [0.3, 0.4) is 0 Å². The summed E-state index contributed by atoms with van der Waals surface area (Å²) in [5, 5.41) is 0. The van der Waals surface area contributed by atoms with Crippen LogP contribution >= 0.6 is 15.9 Å². The third-order valence-corrected chi connectivity index (χ3v) is 3.62. The van der Waals surface area contributed by atoms with Gasteiger partial charge in [-0.2, -0.15) is 0 Å². The molecule has 0 radical (unpaired) electrons. The molecule has 0 fully saturated rings. The second kappa shape index (κ2) is 6.16. The molecule has 1 nitrogen and oxygen atoms in total. The van der Waals surface area contributed by atoms with E-state index >= 15 is 0 Å². The summed E-state index contributed by atoms with van der Waals surface area (Å²) in [4.78, 5) is 12.1. The number of benzene rings is 2. The molecular formula is C17H17BrO. The Morgan fingerprint density at radius 3 is 2.16 bits per heavy atom. The average Bonchev–Trinajstić information content (AvgIpc) is 2.36. The van der Waals surface area contributed by atoms with E-state index in [1.54, 1.807) is 0 Å². The number of halogens is 1. The molecule has 0 N–H and O–H groups in total. The number of Topliss-reactive ketones (excluding diaryl/α,β-unsaturated/α-hetero) is 1. The minimum atomic E-state index is 0.201. The highest BCUT2D eigenvalue weighted by Crippen LogP contribution is 2.15. The quantitative estimate of drug-likeness (QED) is 0.734. The maximum absolute atomic E-state index is 12.1. The van der Waals surface area contributed by atoms with Crippen molar-refractivity contribution in [1.82, 2.24) is 0 Å². The minimum Gasteiger partial charge on any atom is -0.294 e. The molecule has 2 aromatic rings. The smallest absolute Gasteiger partial charge is 0.163 e. The van der Waals surface area contributed by atoms with Crippen molar-refractivity contribution in [3.05, 3.63) is 69.2 Å². The van der Waals surface area contributed by atoms with E-state index in [1.165, 1.54) is 16.7 Å². The van der Waals surface area contributed by atoms with E-state index in [0.29, 0.717) is 6.42 Å². The molecule has 0 spiro atoms. The van der Waals surface area contributed by atoms with E-state index in [1.807, 2.05) is 24.3 Å². The van der Waals surface area contributed by atoms with Gasteiger partial charge in [-0.3, -0.25) is 4.79 Å². The van der Waals surface area contributed by atoms with Gasteiger partial charge in [0.25, 0.3) is 0 Å². The number of aryl methyl sites for hydroxylation is 3. The summed E-state index contributed by atoms with van der Waals surface area (Å²) in [7, 11) is 0. The van der Waals surface area contributed by atoms with Crippen LogP contribution < -0.4 is 0 Å². The van der Waals surface area contributed by atoms with Gasteiger partial charge in [-0.15, -0.1) is 0 Å². The highest BCUT2D eigenvalue weighted by molar-refractivity contribution is 9.10. The van der Waals surface area contributed by atoms with Crippen LogP contribution in [0.25, 0.3) is 0 Å². The first-order valence-corrected chi connectivity index (χ1v) is 7.20. The van der Waals surface area contributed by atoms with E-state index in [9.17, 15) is 4.79 Å². The van der Waals surface area contributed by atoms with Crippen LogP contribution in [0.4, 0.5) is 0 Å². The summed E-state index contributed by atoms with van der Waals surface area (Å²) < 4.78 is 0.998. The van der Waals surface area contributed by atoms with Crippen molar-refractivity contribution in [1.29, 1.82) is 0 Å². The monoisotopic (exact) mass is 316 g/mol. The summed E-state index contributed by atoms with van der Waals surface area (Å²) >= 11 is 3.37. The number of carbonyl (C=O) groups is 1. The van der Waals surface area contributed by atoms with Crippen LogP contribution in [-0.4, -0.2) is 5.78 Å². The molecular weight excluding hydrogens is 300 g/mol. The highest BCUT2D eigenvalue weighted by Gasteiger charge is 2.06. The Bertz CT molecular complexity index is 564. The van der Waals surface area contributed by atoms with Gasteiger partial charge in [0, 0.05) is 16.5 Å². The molecule has 0 bridgehead atoms. The minimum absolute atomic E-state index is 0.201. The Morgan fingerprint density at radius 2 is 1.58 bits per heavy atom. The van der Waals surface area contributed by atoms with Crippen LogP contribution in [0.15, 0.2) is 46.9 Å². The van der Waals surface area contributed by atoms with Crippen molar-refractivity contribution in [2.24, 2.45) is 0 Å². The van der Waals surface area contributed by atoms with Gasteiger partial charge in [-0.05, 0) is 38.0 Å². The molecule has 0 amide bonds. The standard InChI is InChI=1S/C17H17BrO/c1-12-9-13(2)11-14(10-12)3-8-17(19)15-4-6-16(18)7-5-15/h4-7,9-11H,3,8H2,1-2H3. The average molecular weight is 317 g/mol. The lowest BCUT2D eigenvalue weighted by molar-refractivity contribution is 0.0983. The van der Waals surface area contributed by atoms with Crippen LogP contribution in [0.1, 0.15) is 33.5 Å². The van der Waals surface area contributed by atoms with Gasteiger partial charge in [-0.1, -0.05) is 57.4 Å². The first-order valence-electron chi connectivity index (χ1n) is 6.40. The van der Waals surface area contributed by atoms with E-state index in [4.69, 9.17) is 0 Å². The van der Waals surface area contributed by atoms with Crippen molar-refractivity contribution >= 4 is 21.7 Å². The largest absolute Gasteiger partial charge is 0.294 e. The highest BCUT2D eigenvalue weighted by atomic mass is 79.9. The molecule has 0 saturated heterocycles. The maximum atomic E-state index is 12.1. The number of ketones is 1. The van der Waals surface area contributed by atoms with Gasteiger partial charge in [-0.25, -0.2) is 0 Å². The van der Waals surface area contributed by atoms with Crippen molar-refractivity contribution < 1.29 is 4.79 Å². The van der Waals surface area contributed by atoms with Gasteiger partial charge in [0.2, 0.25) is 0 Å². The molecule has 2 aromatic carbocycles. The van der Waals surface area contributed by atoms with Gasteiger partial charge in [0.1, 0.15) is 0 Å². The van der Waals surface area contributed by atoms with Crippen molar-refractivity contribution in [3.8, 4) is 0 Å². The molecule has 0 aliphatic rings. The predicted molar refractivity (Wildman–Crippen MR) is 82.7 cm³/mol. The zero-order valence-electron chi connectivity index (χ0n) is 11.2. The van der Waals surface area contributed by atoms with Gasteiger partial charge >= 0.3 is 0 Å². The van der Waals surface area contributed by atoms with E-state index in [-0.39, 0.29) is 5.78 Å². The number of carbonyl (C=O) groups excluding carboxylic acids is 1. The molecule has 0 unspecified atom stereocenters. The molecule has 0 aliphatic carbocycles. The van der Waals surface area contributed by atoms with E-state index in [0.717, 1.165) is 16.5 Å². The lowest BCUT2D eigenvalue weighted by Crippen LogP contribution is -2.01. The van der Waals surface area contributed by atoms with E-state index in [2.05, 4.69) is 48.0 Å². The third-order valence-electron chi connectivity index (χ3n) is 3.09. The normalized spacial score (nSPS) is 10.5. The Labute approximate surface area is 122 Å². The summed E-state index contributed by atoms with van der Waals surface area (Å²) in [5.41, 5.74) is 4.53. The molecule has 19 heavy (non-hydrogen) atoms. The van der Waals surface area contributed by atoms with Crippen LogP contribution in [0.2, 0.25) is 0 Å². The molecule has 98 valence electrons. The van der Waals surface area contributed by atoms with Crippen molar-refractivity contribution in [2.45, 2.75) is 26.7 Å². The molecule has 0 heterocycles. The summed E-state index contributed by atoms with van der Waals surface area (Å²) in [6.45, 7) is 4.18. The van der Waals surface area contributed by atoms with Gasteiger partial charge in [0.15, 0.2) is 5.78 Å². The first kappa shape index (κ1) is 14.0. The summed E-state index contributed by atoms with van der Waals surface area (Å²) in [6.07, 6.45) is 1.36. The topological polar surface area (TPSA) is 17.1 Å². The van der Waals surface area contributed by atoms with Gasteiger partial charge < -0.3 is 0 Å². The lowest BCUT2D eigenvalue weighted by Gasteiger charge is -2.05. The molecule has 0 saturated carbocycles. The fraction of sp³-hybridized carbons (Fsp3) is 0.235. The second-order valence-electron chi connectivity index (χ2n) is 4.93. The van der Waals surface area contributed by atoms with Crippen LogP contribution in [0, 0.1) is 13.8 Å². The third kappa shape index (κ3) is 4.03. The lowest BCUT2D eigenvalue weighted by atomic mass is 10.00. The SMILES string of the molecule is Cc1cc(C)cc(CCC(=O)c2ccc(Br)cc2)c1. The number of hydrogen-bond donors (Lipinski definition) is 0. The maximum Gasteiger partial charge on any atom is 0.163 e. The molecule has 2 rings (SSSR count). The number of rotatable bonds is 4. The Morgan fingerprint density at radius 1 is 1.00 bits per heavy atom. The van der Waals surface area contributed by atoms with Gasteiger partial charge in [0.05, 0.1) is 0 Å². The van der Waals surface area contributed by atoms with Crippen molar-refractivity contribution in [3.63, 3.8) is 0 Å². The zero-order valence-corrected chi connectivity index (χ0v) is 12.8. The number of hydrogen-bond acceptors (Lipinski definition) is 1. The Balaban J connectivity index is 2.02. The summed E-state index contributed by atoms with van der Waals surface area (Å²) in [6, 6.07) is 14.0. The Kier molecular flexibility index (Phi) is 4.54. The fourth-order valence-electron chi connectivity index (χ4n) is 2.25. The second-order valence-corrected chi connectivity index (χ2v) is 5.84. The summed E-state index contributed by atoms with van der Waals surface area (Å²) in [5.74, 6) is 0.201. The Hall–Kier alpha value is -1.41.